The Morgan fingerprint density at radius 3 is 2.62 bits per heavy atom. The fourth-order valence-corrected chi connectivity index (χ4v) is 4.08. The molecule has 0 atom stereocenters. The molecule has 0 spiro atoms. The van der Waals surface area contributed by atoms with Gasteiger partial charge in [-0.05, 0) is 23.8 Å². The minimum absolute atomic E-state index is 0.140. The van der Waals surface area contributed by atoms with Crippen LogP contribution in [0.15, 0.2) is 61.2 Å². The Balaban J connectivity index is 1.23. The summed E-state index contributed by atoms with van der Waals surface area (Å²) in [4.78, 5) is 11.3. The number of aromatic nitrogens is 6. The molecular formula is C26H29N9O2. The summed E-state index contributed by atoms with van der Waals surface area (Å²) in [6, 6.07) is 11.1. The monoisotopic (exact) mass is 499 g/mol. The highest BCUT2D eigenvalue weighted by atomic mass is 16.5. The zero-order chi connectivity index (χ0) is 25.6. The zero-order valence-electron chi connectivity index (χ0n) is 20.7. The second-order valence-corrected chi connectivity index (χ2v) is 8.79. The standard InChI is InChI=1S/C26H29N9O2/c1-33-18-21(15-31-33)23-5-6-24(27)35(32-23)25(28)14-19-3-2-4-20(13-19)26-29-16-22(17-30-26)37-12-9-34-7-10-36-11-8-34/h2-6,13,15-18,27-28H,7-12,14H2,1H3. The van der Waals surface area contributed by atoms with Crippen LogP contribution >= 0.6 is 0 Å². The first-order valence-electron chi connectivity index (χ1n) is 12.1. The van der Waals surface area contributed by atoms with Gasteiger partial charge in [-0.15, -0.1) is 0 Å². The van der Waals surface area contributed by atoms with Crippen molar-refractivity contribution in [2.45, 2.75) is 6.42 Å². The van der Waals surface area contributed by atoms with Crippen molar-refractivity contribution in [2.24, 2.45) is 7.05 Å². The molecule has 0 radical (unpaired) electrons. The average molecular weight is 500 g/mol. The third-order valence-corrected chi connectivity index (χ3v) is 6.06. The summed E-state index contributed by atoms with van der Waals surface area (Å²) in [6.07, 6.45) is 7.24. The van der Waals surface area contributed by atoms with Crippen LogP contribution in [0.5, 0.6) is 5.75 Å². The molecule has 11 nitrogen and oxygen atoms in total. The van der Waals surface area contributed by atoms with Crippen LogP contribution in [-0.4, -0.2) is 79.7 Å². The van der Waals surface area contributed by atoms with E-state index in [1.54, 1.807) is 35.4 Å². The topological polar surface area (TPSA) is 131 Å². The van der Waals surface area contributed by atoms with Gasteiger partial charge in [0.1, 0.15) is 17.9 Å². The molecule has 4 aromatic rings. The summed E-state index contributed by atoms with van der Waals surface area (Å²) in [7, 11) is 1.84. The molecule has 1 saturated heterocycles. The van der Waals surface area contributed by atoms with Crippen LogP contribution in [0.1, 0.15) is 5.56 Å². The molecule has 0 bridgehead atoms. The number of morpholine rings is 1. The first kappa shape index (κ1) is 24.5. The lowest BCUT2D eigenvalue weighted by Gasteiger charge is -2.26. The Labute approximate surface area is 214 Å². The predicted molar refractivity (Wildman–Crippen MR) is 137 cm³/mol. The summed E-state index contributed by atoms with van der Waals surface area (Å²) >= 11 is 0. The third-order valence-electron chi connectivity index (χ3n) is 6.06. The lowest BCUT2D eigenvalue weighted by Crippen LogP contribution is -2.38. The molecule has 37 heavy (non-hydrogen) atoms. The summed E-state index contributed by atoms with van der Waals surface area (Å²) in [5, 5.41) is 25.5. The highest BCUT2D eigenvalue weighted by molar-refractivity contribution is 5.83. The number of hydrogen-bond donors (Lipinski definition) is 2. The average Bonchev–Trinajstić information content (AvgIpc) is 3.36. The first-order valence-corrected chi connectivity index (χ1v) is 12.1. The molecule has 0 aliphatic carbocycles. The molecule has 1 fully saturated rings. The molecule has 3 aromatic heterocycles. The number of aryl methyl sites for hydroxylation is 1. The third kappa shape index (κ3) is 6.13. The fraction of sp³-hybridized carbons (Fsp3) is 0.308. The second kappa shape index (κ2) is 11.2. The predicted octanol–water partition coefficient (Wildman–Crippen LogP) is 2.00. The van der Waals surface area contributed by atoms with Gasteiger partial charge in [-0.25, -0.2) is 14.6 Å². The SMILES string of the molecule is Cn1cc(-c2ccc(=N)n(C(=N)Cc3cccc(-c4ncc(OCCN5CCOCC5)cn4)c3)n2)cn1. The van der Waals surface area contributed by atoms with Gasteiger partial charge in [-0.3, -0.25) is 20.4 Å². The highest BCUT2D eigenvalue weighted by Gasteiger charge is 2.12. The second-order valence-electron chi connectivity index (χ2n) is 8.79. The molecular weight excluding hydrogens is 470 g/mol. The van der Waals surface area contributed by atoms with E-state index in [-0.39, 0.29) is 11.3 Å². The number of rotatable bonds is 8. The quantitative estimate of drug-likeness (QED) is 0.280. The molecule has 0 amide bonds. The molecule has 0 unspecified atom stereocenters. The highest BCUT2D eigenvalue weighted by Crippen LogP contribution is 2.19. The van der Waals surface area contributed by atoms with Crippen molar-refractivity contribution in [3.63, 3.8) is 0 Å². The number of benzene rings is 1. The molecule has 2 N–H and O–H groups in total. The molecule has 1 aromatic carbocycles. The van der Waals surface area contributed by atoms with E-state index >= 15 is 0 Å². The lowest BCUT2D eigenvalue weighted by molar-refractivity contribution is 0.0322. The van der Waals surface area contributed by atoms with Crippen molar-refractivity contribution in [2.75, 3.05) is 39.5 Å². The van der Waals surface area contributed by atoms with Crippen molar-refractivity contribution < 1.29 is 9.47 Å². The molecule has 11 heteroatoms. The van der Waals surface area contributed by atoms with Gasteiger partial charge in [-0.1, -0.05) is 18.2 Å². The Hall–Kier alpha value is -4.22. The Bertz CT molecular complexity index is 1420. The molecule has 4 heterocycles. The zero-order valence-corrected chi connectivity index (χ0v) is 20.7. The first-order chi connectivity index (χ1) is 18.0. The summed E-state index contributed by atoms with van der Waals surface area (Å²) in [5.74, 6) is 1.41. The minimum atomic E-state index is 0.140. The maximum atomic E-state index is 8.62. The van der Waals surface area contributed by atoms with E-state index in [9.17, 15) is 0 Å². The van der Waals surface area contributed by atoms with Crippen LogP contribution in [0.3, 0.4) is 0 Å². The molecule has 5 rings (SSSR count). The van der Waals surface area contributed by atoms with Crippen molar-refractivity contribution >= 4 is 5.84 Å². The minimum Gasteiger partial charge on any atom is -0.489 e. The van der Waals surface area contributed by atoms with E-state index < -0.39 is 0 Å². The van der Waals surface area contributed by atoms with E-state index in [1.165, 1.54) is 4.68 Å². The van der Waals surface area contributed by atoms with E-state index in [0.717, 1.165) is 49.5 Å². The molecule has 0 saturated carbocycles. The van der Waals surface area contributed by atoms with Crippen LogP contribution < -0.4 is 10.2 Å². The van der Waals surface area contributed by atoms with Crippen molar-refractivity contribution in [1.82, 2.24) is 34.4 Å². The summed E-state index contributed by atoms with van der Waals surface area (Å²) in [6.45, 7) is 4.82. The van der Waals surface area contributed by atoms with Crippen LogP contribution in [0.25, 0.3) is 22.6 Å². The molecule has 1 aliphatic rings. The van der Waals surface area contributed by atoms with Gasteiger partial charge in [0.25, 0.3) is 0 Å². The number of nitrogens with one attached hydrogen (secondary N) is 2. The van der Waals surface area contributed by atoms with Crippen LogP contribution in [0, 0.1) is 10.8 Å². The van der Waals surface area contributed by atoms with Crippen molar-refractivity contribution in [3.8, 4) is 28.4 Å². The normalized spacial score (nSPS) is 14.0. The van der Waals surface area contributed by atoms with Crippen LogP contribution in [0.2, 0.25) is 0 Å². The van der Waals surface area contributed by atoms with E-state index in [1.807, 2.05) is 37.5 Å². The maximum absolute atomic E-state index is 8.62. The number of hydrogen-bond acceptors (Lipinski definition) is 9. The molecule has 1 aliphatic heterocycles. The Morgan fingerprint density at radius 2 is 1.86 bits per heavy atom. The van der Waals surface area contributed by atoms with E-state index in [0.29, 0.717) is 30.3 Å². The Kier molecular flexibility index (Phi) is 7.43. The van der Waals surface area contributed by atoms with Crippen molar-refractivity contribution in [1.29, 1.82) is 10.8 Å². The fourth-order valence-electron chi connectivity index (χ4n) is 4.08. The van der Waals surface area contributed by atoms with Gasteiger partial charge in [0.05, 0.1) is 37.5 Å². The van der Waals surface area contributed by atoms with Gasteiger partial charge in [0, 0.05) is 50.4 Å². The van der Waals surface area contributed by atoms with E-state index in [2.05, 4.69) is 25.1 Å². The summed E-state index contributed by atoms with van der Waals surface area (Å²) in [5.41, 5.74) is 3.37. The van der Waals surface area contributed by atoms with Crippen molar-refractivity contribution in [3.05, 3.63) is 72.2 Å². The maximum Gasteiger partial charge on any atom is 0.159 e. The molecule has 190 valence electrons. The number of nitrogens with zero attached hydrogens (tertiary/aromatic N) is 7. The number of ether oxygens (including phenoxy) is 2. The Morgan fingerprint density at radius 1 is 1.05 bits per heavy atom. The van der Waals surface area contributed by atoms with Gasteiger partial charge >= 0.3 is 0 Å². The summed E-state index contributed by atoms with van der Waals surface area (Å²) < 4.78 is 14.2. The smallest absolute Gasteiger partial charge is 0.159 e. The van der Waals surface area contributed by atoms with Gasteiger partial charge in [-0.2, -0.15) is 10.2 Å². The lowest BCUT2D eigenvalue weighted by atomic mass is 10.1. The van der Waals surface area contributed by atoms with Gasteiger partial charge in [0.2, 0.25) is 0 Å². The van der Waals surface area contributed by atoms with Gasteiger partial charge < -0.3 is 9.47 Å². The largest absolute Gasteiger partial charge is 0.489 e. The van der Waals surface area contributed by atoms with Gasteiger partial charge in [0.15, 0.2) is 11.6 Å². The van der Waals surface area contributed by atoms with E-state index in [4.69, 9.17) is 20.3 Å². The van der Waals surface area contributed by atoms with Crippen LogP contribution in [0.4, 0.5) is 0 Å². The van der Waals surface area contributed by atoms with Crippen LogP contribution in [-0.2, 0) is 18.2 Å².